The van der Waals surface area contributed by atoms with Gasteiger partial charge in [-0.1, -0.05) is 19.1 Å². The summed E-state index contributed by atoms with van der Waals surface area (Å²) in [4.78, 5) is 4.42. The first-order valence-corrected chi connectivity index (χ1v) is 7.20. The van der Waals surface area contributed by atoms with Gasteiger partial charge in [0.2, 0.25) is 0 Å². The van der Waals surface area contributed by atoms with E-state index in [2.05, 4.69) is 17.2 Å². The smallest absolute Gasteiger partial charge is 0.129 e. The van der Waals surface area contributed by atoms with Gasteiger partial charge < -0.3 is 5.32 Å². The molecular weight excluding hydrogens is 270 g/mol. The van der Waals surface area contributed by atoms with Gasteiger partial charge in [-0.3, -0.25) is 4.98 Å². The molecular formula is C17H20F2N2. The Morgan fingerprint density at radius 2 is 2.05 bits per heavy atom. The number of halogens is 2. The van der Waals surface area contributed by atoms with E-state index in [1.165, 1.54) is 12.1 Å². The molecule has 1 aromatic heterocycles. The number of nitrogens with zero attached hydrogens (tertiary/aromatic N) is 1. The number of hydrogen-bond acceptors (Lipinski definition) is 2. The molecule has 0 amide bonds. The van der Waals surface area contributed by atoms with Crippen LogP contribution in [0.25, 0.3) is 0 Å². The van der Waals surface area contributed by atoms with Crippen molar-refractivity contribution in [2.75, 3.05) is 6.54 Å². The number of hydrogen-bond donors (Lipinski definition) is 1. The van der Waals surface area contributed by atoms with E-state index in [9.17, 15) is 8.78 Å². The Bertz CT molecular complexity index is 599. The standard InChI is InChI=1S/C17H20F2N2/c1-3-8-20-16(17-12(2)5-4-9-21-17)10-13-6-7-14(18)11-15(13)19/h4-7,9,11,16,20H,3,8,10H2,1-2H3. The minimum atomic E-state index is -0.552. The lowest BCUT2D eigenvalue weighted by Crippen LogP contribution is -2.26. The number of aryl methyl sites for hydroxylation is 1. The average molecular weight is 290 g/mol. The van der Waals surface area contributed by atoms with E-state index in [0.717, 1.165) is 30.3 Å². The number of aromatic nitrogens is 1. The third kappa shape index (κ3) is 4.08. The van der Waals surface area contributed by atoms with Crippen LogP contribution in [0.5, 0.6) is 0 Å². The molecule has 0 saturated carbocycles. The molecule has 4 heteroatoms. The molecule has 2 aromatic rings. The third-order valence-corrected chi connectivity index (χ3v) is 3.46. The van der Waals surface area contributed by atoms with Crippen LogP contribution in [0.15, 0.2) is 36.5 Å². The number of nitrogens with one attached hydrogen (secondary N) is 1. The minimum absolute atomic E-state index is 0.0777. The maximum Gasteiger partial charge on any atom is 0.129 e. The summed E-state index contributed by atoms with van der Waals surface area (Å²) in [6, 6.07) is 7.52. The predicted molar refractivity (Wildman–Crippen MR) is 80.1 cm³/mol. The Morgan fingerprint density at radius 1 is 1.24 bits per heavy atom. The average Bonchev–Trinajstić information content (AvgIpc) is 2.46. The van der Waals surface area contributed by atoms with Crippen molar-refractivity contribution < 1.29 is 8.78 Å². The fraction of sp³-hybridized carbons (Fsp3) is 0.353. The van der Waals surface area contributed by atoms with Gasteiger partial charge in [-0.15, -0.1) is 0 Å². The van der Waals surface area contributed by atoms with Gasteiger partial charge in [0.05, 0.1) is 11.7 Å². The number of pyridine rings is 1. The van der Waals surface area contributed by atoms with Gasteiger partial charge in [0, 0.05) is 12.3 Å². The summed E-state index contributed by atoms with van der Waals surface area (Å²) in [5, 5.41) is 3.39. The summed E-state index contributed by atoms with van der Waals surface area (Å²) in [5.41, 5.74) is 2.47. The Labute approximate surface area is 124 Å². The van der Waals surface area contributed by atoms with E-state index in [4.69, 9.17) is 0 Å². The van der Waals surface area contributed by atoms with Crippen molar-refractivity contribution in [2.24, 2.45) is 0 Å². The molecule has 1 atom stereocenters. The topological polar surface area (TPSA) is 24.9 Å². The van der Waals surface area contributed by atoms with Crippen molar-refractivity contribution in [3.63, 3.8) is 0 Å². The van der Waals surface area contributed by atoms with Crippen molar-refractivity contribution in [3.8, 4) is 0 Å². The van der Waals surface area contributed by atoms with E-state index in [1.807, 2.05) is 19.1 Å². The predicted octanol–water partition coefficient (Wildman–Crippen LogP) is 3.95. The third-order valence-electron chi connectivity index (χ3n) is 3.46. The van der Waals surface area contributed by atoms with E-state index in [-0.39, 0.29) is 6.04 Å². The molecule has 0 saturated heterocycles. The van der Waals surface area contributed by atoms with E-state index < -0.39 is 11.6 Å². The van der Waals surface area contributed by atoms with E-state index in [1.54, 1.807) is 6.20 Å². The lowest BCUT2D eigenvalue weighted by molar-refractivity contribution is 0.498. The highest BCUT2D eigenvalue weighted by molar-refractivity contribution is 5.26. The highest BCUT2D eigenvalue weighted by atomic mass is 19.1. The Kier molecular flexibility index (Phi) is 5.39. The zero-order valence-electron chi connectivity index (χ0n) is 12.4. The maximum atomic E-state index is 13.9. The second-order valence-corrected chi connectivity index (χ2v) is 5.15. The molecule has 21 heavy (non-hydrogen) atoms. The first-order chi connectivity index (χ1) is 10.1. The zero-order valence-corrected chi connectivity index (χ0v) is 12.4. The summed E-state index contributed by atoms with van der Waals surface area (Å²) in [5.74, 6) is -1.06. The molecule has 1 N–H and O–H groups in total. The normalized spacial score (nSPS) is 12.4. The lowest BCUT2D eigenvalue weighted by atomic mass is 9.99. The summed E-state index contributed by atoms with van der Waals surface area (Å²) < 4.78 is 26.9. The van der Waals surface area contributed by atoms with Crippen molar-refractivity contribution in [3.05, 3.63) is 65.0 Å². The van der Waals surface area contributed by atoms with Crippen LogP contribution in [-0.2, 0) is 6.42 Å². The molecule has 0 aliphatic rings. The lowest BCUT2D eigenvalue weighted by Gasteiger charge is -2.20. The SMILES string of the molecule is CCCNC(Cc1ccc(F)cc1F)c1ncccc1C. The molecule has 2 nitrogen and oxygen atoms in total. The molecule has 1 unspecified atom stereocenters. The van der Waals surface area contributed by atoms with Crippen molar-refractivity contribution >= 4 is 0 Å². The summed E-state index contributed by atoms with van der Waals surface area (Å²) in [6.45, 7) is 4.89. The molecule has 0 radical (unpaired) electrons. The highest BCUT2D eigenvalue weighted by Gasteiger charge is 2.17. The van der Waals surface area contributed by atoms with Crippen LogP contribution < -0.4 is 5.32 Å². The fourth-order valence-corrected chi connectivity index (χ4v) is 2.35. The second kappa shape index (κ2) is 7.27. The molecule has 0 bridgehead atoms. The monoisotopic (exact) mass is 290 g/mol. The quantitative estimate of drug-likeness (QED) is 0.871. The van der Waals surface area contributed by atoms with E-state index >= 15 is 0 Å². The first kappa shape index (κ1) is 15.6. The van der Waals surface area contributed by atoms with Gasteiger partial charge in [0.15, 0.2) is 0 Å². The Balaban J connectivity index is 2.26. The van der Waals surface area contributed by atoms with Gasteiger partial charge in [0.25, 0.3) is 0 Å². The molecule has 1 aromatic carbocycles. The summed E-state index contributed by atoms with van der Waals surface area (Å²) in [7, 11) is 0. The molecule has 1 heterocycles. The van der Waals surface area contributed by atoms with Gasteiger partial charge in [-0.25, -0.2) is 8.78 Å². The van der Waals surface area contributed by atoms with Gasteiger partial charge in [-0.2, -0.15) is 0 Å². The molecule has 0 aliphatic carbocycles. The fourth-order valence-electron chi connectivity index (χ4n) is 2.35. The Morgan fingerprint density at radius 3 is 2.71 bits per heavy atom. The van der Waals surface area contributed by atoms with Crippen molar-refractivity contribution in [2.45, 2.75) is 32.7 Å². The minimum Gasteiger partial charge on any atom is -0.308 e. The molecule has 2 rings (SSSR count). The second-order valence-electron chi connectivity index (χ2n) is 5.15. The van der Waals surface area contributed by atoms with Crippen molar-refractivity contribution in [1.82, 2.24) is 10.3 Å². The number of rotatable bonds is 6. The van der Waals surface area contributed by atoms with E-state index in [0.29, 0.717) is 12.0 Å². The van der Waals surface area contributed by atoms with Crippen LogP contribution in [0.3, 0.4) is 0 Å². The summed E-state index contributed by atoms with van der Waals surface area (Å²) in [6.07, 6.45) is 3.17. The molecule has 0 spiro atoms. The van der Waals surface area contributed by atoms with Gasteiger partial charge in [-0.05, 0) is 49.6 Å². The van der Waals surface area contributed by atoms with Crippen LogP contribution >= 0.6 is 0 Å². The van der Waals surface area contributed by atoms with Crippen molar-refractivity contribution in [1.29, 1.82) is 0 Å². The van der Waals surface area contributed by atoms with Gasteiger partial charge >= 0.3 is 0 Å². The first-order valence-electron chi connectivity index (χ1n) is 7.20. The van der Waals surface area contributed by atoms with Crippen LogP contribution in [0.4, 0.5) is 8.78 Å². The van der Waals surface area contributed by atoms with Crippen LogP contribution in [-0.4, -0.2) is 11.5 Å². The van der Waals surface area contributed by atoms with Crippen LogP contribution in [0, 0.1) is 18.6 Å². The molecule has 0 aliphatic heterocycles. The van der Waals surface area contributed by atoms with Gasteiger partial charge in [0.1, 0.15) is 11.6 Å². The molecule has 112 valence electrons. The number of benzene rings is 1. The summed E-state index contributed by atoms with van der Waals surface area (Å²) >= 11 is 0. The van der Waals surface area contributed by atoms with Crippen LogP contribution in [0.1, 0.15) is 36.2 Å². The zero-order chi connectivity index (χ0) is 15.2. The largest absolute Gasteiger partial charge is 0.308 e. The molecule has 0 fully saturated rings. The Hall–Kier alpha value is -1.81. The maximum absolute atomic E-state index is 13.9. The highest BCUT2D eigenvalue weighted by Crippen LogP contribution is 2.21. The van der Waals surface area contributed by atoms with Crippen LogP contribution in [0.2, 0.25) is 0 Å².